The molecule has 0 N–H and O–H groups in total. The number of rotatable bonds is 61. The van der Waals surface area contributed by atoms with Gasteiger partial charge >= 0.3 is 0 Å². The Morgan fingerprint density at radius 2 is 0.741 bits per heavy atom. The molecule has 0 bridgehead atoms. The van der Waals surface area contributed by atoms with E-state index in [1.54, 1.807) is 0 Å². The van der Waals surface area contributed by atoms with Gasteiger partial charge in [0.1, 0.15) is 5.60 Å². The second kappa shape index (κ2) is 55.6. The molecule has 0 aliphatic rings. The molecule has 3 aromatic carbocycles. The highest BCUT2D eigenvalue weighted by molar-refractivity contribution is 5.81. The van der Waals surface area contributed by atoms with E-state index < -0.39 is 11.7 Å². The van der Waals surface area contributed by atoms with Crippen LogP contribution in [0.15, 0.2) is 115 Å². The van der Waals surface area contributed by atoms with Crippen LogP contribution in [0.2, 0.25) is 0 Å². The maximum absolute atomic E-state index is 14.7. The zero-order valence-corrected chi connectivity index (χ0v) is 54.9. The largest absolute Gasteiger partial charge is 0.378 e. The van der Waals surface area contributed by atoms with Crippen molar-refractivity contribution in [1.29, 1.82) is 0 Å². The Kier molecular flexibility index (Phi) is 49.5. The molecule has 1 amide bonds. The summed E-state index contributed by atoms with van der Waals surface area (Å²) in [5.41, 5.74) is 2.44. The Bertz CT molecular complexity index is 1850. The number of carbonyl (C=O) groups is 1. The highest BCUT2D eigenvalue weighted by atomic mass is 16.6. The monoisotopic (exact) mass is 1180 g/mol. The van der Waals surface area contributed by atoms with Crippen LogP contribution in [0.4, 0.5) is 0 Å². The summed E-state index contributed by atoms with van der Waals surface area (Å²) in [6.07, 6.45) is 49.9. The van der Waals surface area contributed by atoms with Crippen LogP contribution in [0.5, 0.6) is 0 Å². The molecule has 2 unspecified atom stereocenters. The molecule has 0 aromatic heterocycles. The Labute approximate surface area is 521 Å². The SMILES string of the molecule is CCCCCCCC/C=C\CCCCCCCCOCC(OCCCCCCCC/C=C\CCCCCCCC)C(=O)N(CCOCCOCCOCCOCCOC(c1ccccc1)(c1ccccc1)c1ccccc1)C(CC)CCCCC. The van der Waals surface area contributed by atoms with Gasteiger partial charge in [0.05, 0.1) is 66.1 Å². The molecule has 0 fully saturated rings. The van der Waals surface area contributed by atoms with Crippen molar-refractivity contribution in [3.05, 3.63) is 132 Å². The number of ether oxygens (including phenoxy) is 7. The zero-order valence-electron chi connectivity index (χ0n) is 54.9. The van der Waals surface area contributed by atoms with Crippen molar-refractivity contribution in [2.24, 2.45) is 0 Å². The van der Waals surface area contributed by atoms with Crippen molar-refractivity contribution in [2.75, 3.05) is 85.8 Å². The topological polar surface area (TPSA) is 84.9 Å². The van der Waals surface area contributed by atoms with E-state index in [1.807, 2.05) is 18.2 Å². The van der Waals surface area contributed by atoms with E-state index in [9.17, 15) is 4.79 Å². The summed E-state index contributed by atoms with van der Waals surface area (Å²) in [5, 5.41) is 0. The van der Waals surface area contributed by atoms with E-state index >= 15 is 0 Å². The quantitative estimate of drug-likeness (QED) is 0.0314. The maximum atomic E-state index is 14.7. The minimum absolute atomic E-state index is 0.0436. The first kappa shape index (κ1) is 75.6. The standard InChI is InChI=1S/C76H125NO8/c1-5-9-12-14-16-18-20-22-24-26-28-30-32-34-36-48-58-83-69-74(84-59-49-37-35-33-31-29-27-25-23-21-19-17-15-13-10-6-2)75(78)77(73(8-4)56-41-11-7-3)57-60-79-61-62-80-63-64-81-65-66-82-67-68-85-76(70-50-42-38-43-51-70,71-52-44-39-45-53-71)72-54-46-40-47-55-72/h22-25,38-40,42-47,50-55,73-74H,5-21,26-37,41,48-49,56-69H2,1-4H3/b24-22-,25-23-. The normalized spacial score (nSPS) is 12.7. The van der Waals surface area contributed by atoms with Crippen LogP contribution in [-0.2, 0) is 43.6 Å². The third kappa shape index (κ3) is 37.1. The van der Waals surface area contributed by atoms with Crippen LogP contribution in [0.3, 0.4) is 0 Å². The van der Waals surface area contributed by atoms with Crippen LogP contribution in [0, 0.1) is 0 Å². The lowest BCUT2D eigenvalue weighted by Gasteiger charge is -2.36. The third-order valence-corrected chi connectivity index (χ3v) is 16.3. The van der Waals surface area contributed by atoms with Crippen molar-refractivity contribution in [2.45, 2.75) is 257 Å². The molecule has 3 rings (SSSR count). The van der Waals surface area contributed by atoms with Gasteiger partial charge in [-0.15, -0.1) is 0 Å². The number of allylic oxidation sites excluding steroid dienone is 4. The predicted octanol–water partition coefficient (Wildman–Crippen LogP) is 19.7. The zero-order chi connectivity index (χ0) is 60.5. The van der Waals surface area contributed by atoms with Crippen LogP contribution < -0.4 is 0 Å². The molecular weight excluding hydrogens is 1050 g/mol. The van der Waals surface area contributed by atoms with Crippen molar-refractivity contribution in [3.63, 3.8) is 0 Å². The molecule has 0 saturated heterocycles. The van der Waals surface area contributed by atoms with Crippen LogP contribution in [-0.4, -0.2) is 109 Å². The third-order valence-electron chi connectivity index (χ3n) is 16.3. The van der Waals surface area contributed by atoms with Gasteiger partial charge in [-0.25, -0.2) is 0 Å². The van der Waals surface area contributed by atoms with Gasteiger partial charge in [0.15, 0.2) is 6.10 Å². The van der Waals surface area contributed by atoms with Gasteiger partial charge in [-0.2, -0.15) is 0 Å². The molecule has 2 atom stereocenters. The molecule has 0 aliphatic carbocycles. The van der Waals surface area contributed by atoms with Crippen LogP contribution in [0.25, 0.3) is 0 Å². The minimum Gasteiger partial charge on any atom is -0.378 e. The second-order valence-electron chi connectivity index (χ2n) is 23.5. The summed E-state index contributed by atoms with van der Waals surface area (Å²) < 4.78 is 43.5. The summed E-state index contributed by atoms with van der Waals surface area (Å²) >= 11 is 0. The summed E-state index contributed by atoms with van der Waals surface area (Å²) in [5.74, 6) is 0.0436. The predicted molar refractivity (Wildman–Crippen MR) is 358 cm³/mol. The van der Waals surface area contributed by atoms with Crippen molar-refractivity contribution in [3.8, 4) is 0 Å². The van der Waals surface area contributed by atoms with Gasteiger partial charge in [-0.1, -0.05) is 278 Å². The second-order valence-corrected chi connectivity index (χ2v) is 23.5. The number of carbonyl (C=O) groups excluding carboxylic acids is 1. The van der Waals surface area contributed by atoms with Gasteiger partial charge in [-0.3, -0.25) is 4.79 Å². The average Bonchev–Trinajstić information content (AvgIpc) is 3.48. The van der Waals surface area contributed by atoms with Gasteiger partial charge in [-0.05, 0) is 93.7 Å². The molecule has 0 spiro atoms. The smallest absolute Gasteiger partial charge is 0.254 e. The molecule has 3 aromatic rings. The molecule has 9 nitrogen and oxygen atoms in total. The highest BCUT2D eigenvalue weighted by Crippen LogP contribution is 2.40. The molecule has 0 saturated carbocycles. The molecule has 9 heteroatoms. The molecular formula is C76H125NO8. The maximum Gasteiger partial charge on any atom is 0.254 e. The number of hydrogen-bond donors (Lipinski definition) is 0. The summed E-state index contributed by atoms with van der Waals surface area (Å²) in [4.78, 5) is 16.7. The lowest BCUT2D eigenvalue weighted by Crippen LogP contribution is -2.49. The van der Waals surface area contributed by atoms with E-state index in [2.05, 4.69) is 130 Å². The molecule has 85 heavy (non-hydrogen) atoms. The number of unbranched alkanes of at least 4 members (excludes halogenated alkanes) is 26. The summed E-state index contributed by atoms with van der Waals surface area (Å²) in [6, 6.07) is 31.4. The first-order valence-electron chi connectivity index (χ1n) is 35.0. The van der Waals surface area contributed by atoms with E-state index in [4.69, 9.17) is 33.2 Å². The first-order chi connectivity index (χ1) is 42.1. The fraction of sp³-hybridized carbons (Fsp3) is 0.697. The average molecular weight is 1180 g/mol. The van der Waals surface area contributed by atoms with E-state index in [0.29, 0.717) is 85.8 Å². The fourth-order valence-electron chi connectivity index (χ4n) is 11.2. The summed E-state index contributed by atoms with van der Waals surface area (Å²) in [6.45, 7) is 15.1. The minimum atomic E-state index is -0.770. The van der Waals surface area contributed by atoms with Gasteiger partial charge < -0.3 is 38.1 Å². The van der Waals surface area contributed by atoms with Crippen molar-refractivity contribution in [1.82, 2.24) is 4.90 Å². The van der Waals surface area contributed by atoms with Crippen molar-refractivity contribution >= 4 is 5.91 Å². The Balaban J connectivity index is 1.40. The molecule has 0 radical (unpaired) electrons. The molecule has 482 valence electrons. The first-order valence-corrected chi connectivity index (χ1v) is 35.0. The van der Waals surface area contributed by atoms with Crippen LogP contribution >= 0.6 is 0 Å². The van der Waals surface area contributed by atoms with Gasteiger partial charge in [0, 0.05) is 25.8 Å². The number of benzene rings is 3. The molecule has 0 heterocycles. The fourth-order valence-corrected chi connectivity index (χ4v) is 11.2. The highest BCUT2D eigenvalue weighted by Gasteiger charge is 2.37. The van der Waals surface area contributed by atoms with Gasteiger partial charge in [0.25, 0.3) is 5.91 Å². The number of nitrogens with zero attached hydrogens (tertiary/aromatic N) is 1. The lowest BCUT2D eigenvalue weighted by atomic mass is 9.80. The number of hydrogen-bond acceptors (Lipinski definition) is 8. The Hall–Kier alpha value is -3.67. The van der Waals surface area contributed by atoms with E-state index in [1.165, 1.54) is 154 Å². The Morgan fingerprint density at radius 1 is 0.388 bits per heavy atom. The van der Waals surface area contributed by atoms with E-state index in [0.717, 1.165) is 74.5 Å². The Morgan fingerprint density at radius 3 is 1.15 bits per heavy atom. The van der Waals surface area contributed by atoms with Crippen molar-refractivity contribution < 1.29 is 38.0 Å². The number of amides is 1. The van der Waals surface area contributed by atoms with E-state index in [-0.39, 0.29) is 11.9 Å². The van der Waals surface area contributed by atoms with Gasteiger partial charge in [0.2, 0.25) is 0 Å². The molecule has 0 aliphatic heterocycles. The lowest BCUT2D eigenvalue weighted by molar-refractivity contribution is -0.152. The van der Waals surface area contributed by atoms with Crippen LogP contribution in [0.1, 0.15) is 256 Å². The summed E-state index contributed by atoms with van der Waals surface area (Å²) in [7, 11) is 0.